The van der Waals surface area contributed by atoms with Crippen LogP contribution in [0.5, 0.6) is 11.6 Å². The molecule has 1 heterocycles. The Kier molecular flexibility index (Phi) is 4.44. The smallest absolute Gasteiger partial charge is 0.336 e. The highest BCUT2D eigenvalue weighted by Crippen LogP contribution is 2.40. The molecule has 0 aliphatic carbocycles. The average Bonchev–Trinajstić information content (AvgIpc) is 3.01. The quantitative estimate of drug-likeness (QED) is 0.431. The SMILES string of the molecule is Cc1nn(-c2ccccc2)c(O)c1/N=N/c1c(O)cc(C(=O)O)c2ccccc12. The maximum atomic E-state index is 11.5. The number of phenolic OH excluding ortho intramolecular Hbond substituents is 1. The zero-order valence-electron chi connectivity index (χ0n) is 15.3. The number of rotatable bonds is 4. The molecule has 0 radical (unpaired) electrons. The maximum Gasteiger partial charge on any atom is 0.336 e. The number of fused-ring (bicyclic) bond motifs is 1. The number of aromatic hydroxyl groups is 2. The fraction of sp³-hybridized carbons (Fsp3) is 0.0476. The maximum absolute atomic E-state index is 11.5. The summed E-state index contributed by atoms with van der Waals surface area (Å²) in [6.45, 7) is 1.68. The lowest BCUT2D eigenvalue weighted by atomic mass is 10.0. The zero-order valence-corrected chi connectivity index (χ0v) is 15.3. The summed E-state index contributed by atoms with van der Waals surface area (Å²) in [6.07, 6.45) is 0. The number of para-hydroxylation sites is 1. The number of phenols is 1. The molecule has 0 saturated heterocycles. The molecule has 0 spiro atoms. The second kappa shape index (κ2) is 7.08. The first kappa shape index (κ1) is 18.2. The Hall–Kier alpha value is -4.20. The van der Waals surface area contributed by atoms with E-state index in [2.05, 4.69) is 15.3 Å². The van der Waals surface area contributed by atoms with E-state index >= 15 is 0 Å². The molecule has 8 heteroatoms. The van der Waals surface area contributed by atoms with Crippen LogP contribution in [-0.2, 0) is 0 Å². The number of aromatic carboxylic acids is 1. The van der Waals surface area contributed by atoms with Gasteiger partial charge in [-0.25, -0.2) is 4.79 Å². The number of benzene rings is 3. The first-order valence-corrected chi connectivity index (χ1v) is 8.71. The molecule has 4 aromatic rings. The number of azo groups is 1. The fourth-order valence-corrected chi connectivity index (χ4v) is 3.10. The van der Waals surface area contributed by atoms with Crippen molar-refractivity contribution in [2.24, 2.45) is 10.2 Å². The topological polar surface area (TPSA) is 120 Å². The third-order valence-electron chi connectivity index (χ3n) is 4.48. The number of nitrogens with zero attached hydrogens (tertiary/aromatic N) is 4. The highest BCUT2D eigenvalue weighted by atomic mass is 16.4. The van der Waals surface area contributed by atoms with Crippen molar-refractivity contribution in [3.05, 3.63) is 71.9 Å². The average molecular weight is 388 g/mol. The highest BCUT2D eigenvalue weighted by molar-refractivity contribution is 6.08. The number of carboxylic acid groups (broad SMARTS) is 1. The lowest BCUT2D eigenvalue weighted by Crippen LogP contribution is -1.97. The van der Waals surface area contributed by atoms with E-state index in [1.54, 1.807) is 43.3 Å². The summed E-state index contributed by atoms with van der Waals surface area (Å²) >= 11 is 0. The number of hydrogen-bond acceptors (Lipinski definition) is 6. The van der Waals surface area contributed by atoms with Crippen LogP contribution in [0.2, 0.25) is 0 Å². The summed E-state index contributed by atoms with van der Waals surface area (Å²) in [5, 5.41) is 43.6. The van der Waals surface area contributed by atoms with Crippen molar-refractivity contribution in [3.63, 3.8) is 0 Å². The standard InChI is InChI=1S/C21H16N4O4/c1-12-18(20(27)25(24-12)13-7-3-2-4-8-13)22-23-19-15-10-6-5-9-14(15)16(21(28)29)11-17(19)26/h2-11,26-27H,1H3,(H,28,29)/b23-22+. The van der Waals surface area contributed by atoms with Gasteiger partial charge in [0.2, 0.25) is 5.88 Å². The summed E-state index contributed by atoms with van der Waals surface area (Å²) in [5.74, 6) is -1.67. The van der Waals surface area contributed by atoms with Crippen molar-refractivity contribution in [1.29, 1.82) is 0 Å². The van der Waals surface area contributed by atoms with Crippen molar-refractivity contribution < 1.29 is 20.1 Å². The Bertz CT molecular complexity index is 1260. The number of hydrogen-bond donors (Lipinski definition) is 3. The number of aryl methyl sites for hydroxylation is 1. The molecule has 0 saturated carbocycles. The molecule has 0 bridgehead atoms. The van der Waals surface area contributed by atoms with E-state index in [9.17, 15) is 20.1 Å². The van der Waals surface area contributed by atoms with Gasteiger partial charge >= 0.3 is 5.97 Å². The largest absolute Gasteiger partial charge is 0.506 e. The second-order valence-electron chi connectivity index (χ2n) is 6.35. The van der Waals surface area contributed by atoms with Crippen molar-refractivity contribution >= 4 is 28.1 Å². The van der Waals surface area contributed by atoms with E-state index in [0.29, 0.717) is 22.2 Å². The van der Waals surface area contributed by atoms with Gasteiger partial charge in [-0.2, -0.15) is 9.78 Å². The molecule has 8 nitrogen and oxygen atoms in total. The molecule has 29 heavy (non-hydrogen) atoms. The van der Waals surface area contributed by atoms with Crippen LogP contribution in [-0.4, -0.2) is 31.1 Å². The van der Waals surface area contributed by atoms with Crippen LogP contribution in [0, 0.1) is 6.92 Å². The van der Waals surface area contributed by atoms with Crippen LogP contribution in [0.25, 0.3) is 16.5 Å². The van der Waals surface area contributed by atoms with E-state index < -0.39 is 5.97 Å². The van der Waals surface area contributed by atoms with Crippen molar-refractivity contribution in [3.8, 4) is 17.3 Å². The van der Waals surface area contributed by atoms with Crippen molar-refractivity contribution in [2.75, 3.05) is 0 Å². The molecule has 1 aromatic heterocycles. The molecule has 0 aliphatic rings. The summed E-state index contributed by atoms with van der Waals surface area (Å²) in [5.41, 5.74) is 1.33. The molecule has 0 amide bonds. The molecule has 3 N–H and O–H groups in total. The number of carboxylic acids is 1. The fourth-order valence-electron chi connectivity index (χ4n) is 3.10. The molecule has 3 aromatic carbocycles. The van der Waals surface area contributed by atoms with Gasteiger partial charge < -0.3 is 15.3 Å². The van der Waals surface area contributed by atoms with Crippen LogP contribution in [0.4, 0.5) is 11.4 Å². The lowest BCUT2D eigenvalue weighted by molar-refractivity contribution is 0.0698. The van der Waals surface area contributed by atoms with Gasteiger partial charge in [0.1, 0.15) is 11.4 Å². The molecular formula is C21H16N4O4. The Morgan fingerprint density at radius 2 is 1.55 bits per heavy atom. The summed E-state index contributed by atoms with van der Waals surface area (Å²) in [6, 6.07) is 16.9. The van der Waals surface area contributed by atoms with Gasteiger partial charge in [-0.05, 0) is 30.5 Å². The van der Waals surface area contributed by atoms with Crippen molar-refractivity contribution in [1.82, 2.24) is 9.78 Å². The zero-order chi connectivity index (χ0) is 20.5. The number of aromatic nitrogens is 2. The molecule has 0 aliphatic heterocycles. The van der Waals surface area contributed by atoms with Gasteiger partial charge in [0.05, 0.1) is 16.9 Å². The molecule has 4 rings (SSSR count). The van der Waals surface area contributed by atoms with Crippen molar-refractivity contribution in [2.45, 2.75) is 6.92 Å². The van der Waals surface area contributed by atoms with Gasteiger partial charge in [-0.15, -0.1) is 10.2 Å². The molecule has 0 unspecified atom stereocenters. The molecule has 144 valence electrons. The predicted octanol–water partition coefficient (Wildman–Crippen LogP) is 4.86. The minimum Gasteiger partial charge on any atom is -0.506 e. The van der Waals surface area contributed by atoms with Crippen LogP contribution in [0.1, 0.15) is 16.1 Å². The molecule has 0 atom stereocenters. The van der Waals surface area contributed by atoms with Gasteiger partial charge in [0.15, 0.2) is 5.69 Å². The van der Waals surface area contributed by atoms with Gasteiger partial charge in [-0.3, -0.25) is 0 Å². The normalized spacial score (nSPS) is 11.3. The number of carbonyl (C=O) groups is 1. The van der Waals surface area contributed by atoms with E-state index in [-0.39, 0.29) is 28.6 Å². The summed E-state index contributed by atoms with van der Waals surface area (Å²) < 4.78 is 1.34. The van der Waals surface area contributed by atoms with Gasteiger partial charge in [-0.1, -0.05) is 42.5 Å². The van der Waals surface area contributed by atoms with Crippen LogP contribution in [0.3, 0.4) is 0 Å². The Morgan fingerprint density at radius 3 is 2.24 bits per heavy atom. The minimum absolute atomic E-state index is 0.0343. The van der Waals surface area contributed by atoms with Crippen LogP contribution < -0.4 is 0 Å². The predicted molar refractivity (Wildman–Crippen MR) is 107 cm³/mol. The van der Waals surface area contributed by atoms with Gasteiger partial charge in [0.25, 0.3) is 0 Å². The van der Waals surface area contributed by atoms with Crippen LogP contribution >= 0.6 is 0 Å². The monoisotopic (exact) mass is 388 g/mol. The Balaban J connectivity index is 1.83. The Morgan fingerprint density at radius 1 is 0.931 bits per heavy atom. The lowest BCUT2D eigenvalue weighted by Gasteiger charge is -2.07. The first-order chi connectivity index (χ1) is 14.0. The van der Waals surface area contributed by atoms with E-state index in [1.807, 2.05) is 18.2 Å². The Labute approximate surface area is 165 Å². The second-order valence-corrected chi connectivity index (χ2v) is 6.35. The van der Waals surface area contributed by atoms with Gasteiger partial charge in [0, 0.05) is 5.39 Å². The van der Waals surface area contributed by atoms with E-state index in [4.69, 9.17) is 0 Å². The first-order valence-electron chi connectivity index (χ1n) is 8.71. The highest BCUT2D eigenvalue weighted by Gasteiger charge is 2.18. The van der Waals surface area contributed by atoms with E-state index in [0.717, 1.165) is 6.07 Å². The summed E-state index contributed by atoms with van der Waals surface area (Å²) in [4.78, 5) is 11.5. The molecule has 0 fully saturated rings. The third kappa shape index (κ3) is 3.16. The summed E-state index contributed by atoms with van der Waals surface area (Å²) in [7, 11) is 0. The van der Waals surface area contributed by atoms with E-state index in [1.165, 1.54) is 4.68 Å². The third-order valence-corrected chi connectivity index (χ3v) is 4.48. The minimum atomic E-state index is -1.15. The molecular weight excluding hydrogens is 372 g/mol. The van der Waals surface area contributed by atoms with Crippen LogP contribution in [0.15, 0.2) is 70.9 Å².